The van der Waals surface area contributed by atoms with E-state index in [2.05, 4.69) is 29.6 Å². The minimum Gasteiger partial charge on any atom is -0.497 e. The summed E-state index contributed by atoms with van der Waals surface area (Å²) in [5, 5.41) is 3.53. The molecular formula is C16H17NO2. The third kappa shape index (κ3) is 2.06. The summed E-state index contributed by atoms with van der Waals surface area (Å²) >= 11 is 0. The van der Waals surface area contributed by atoms with Gasteiger partial charge in [-0.15, -0.1) is 0 Å². The molecule has 0 saturated heterocycles. The molecule has 1 N–H and O–H groups in total. The summed E-state index contributed by atoms with van der Waals surface area (Å²) in [5.74, 6) is 1.73. The molecule has 3 nitrogen and oxygen atoms in total. The van der Waals surface area contributed by atoms with E-state index in [1.54, 1.807) is 14.2 Å². The lowest BCUT2D eigenvalue weighted by Crippen LogP contribution is -2.14. The van der Waals surface area contributed by atoms with Crippen molar-refractivity contribution in [2.75, 3.05) is 14.2 Å². The SMILES string of the molecule is COc1ccc(OC)c(C2NCc3ccccc32)c1. The highest BCUT2D eigenvalue weighted by molar-refractivity contribution is 5.49. The number of hydrogen-bond donors (Lipinski definition) is 1. The predicted molar refractivity (Wildman–Crippen MR) is 74.7 cm³/mol. The van der Waals surface area contributed by atoms with Gasteiger partial charge >= 0.3 is 0 Å². The molecule has 0 spiro atoms. The smallest absolute Gasteiger partial charge is 0.124 e. The van der Waals surface area contributed by atoms with Crippen LogP contribution >= 0.6 is 0 Å². The Labute approximate surface area is 113 Å². The summed E-state index contributed by atoms with van der Waals surface area (Å²) in [6.07, 6.45) is 0. The molecule has 2 aromatic rings. The monoisotopic (exact) mass is 255 g/mol. The van der Waals surface area contributed by atoms with Crippen LogP contribution in [-0.4, -0.2) is 14.2 Å². The van der Waals surface area contributed by atoms with Gasteiger partial charge in [0.05, 0.1) is 20.3 Å². The van der Waals surface area contributed by atoms with Crippen molar-refractivity contribution in [1.82, 2.24) is 5.32 Å². The van der Waals surface area contributed by atoms with E-state index in [1.165, 1.54) is 11.1 Å². The molecule has 0 radical (unpaired) electrons. The zero-order valence-corrected chi connectivity index (χ0v) is 11.1. The van der Waals surface area contributed by atoms with Crippen LogP contribution in [-0.2, 0) is 6.54 Å². The van der Waals surface area contributed by atoms with Gasteiger partial charge in [-0.25, -0.2) is 0 Å². The summed E-state index contributed by atoms with van der Waals surface area (Å²) in [4.78, 5) is 0. The third-order valence-electron chi connectivity index (χ3n) is 3.61. The fourth-order valence-corrected chi connectivity index (χ4v) is 2.64. The predicted octanol–water partition coefficient (Wildman–Crippen LogP) is 2.90. The molecule has 0 bridgehead atoms. The standard InChI is InChI=1S/C16H17NO2/c1-18-12-7-8-15(19-2)14(9-12)16-13-6-4-3-5-11(13)10-17-16/h3-9,16-17H,10H2,1-2H3. The number of methoxy groups -OCH3 is 2. The highest BCUT2D eigenvalue weighted by atomic mass is 16.5. The maximum Gasteiger partial charge on any atom is 0.124 e. The Morgan fingerprint density at radius 1 is 1.00 bits per heavy atom. The summed E-state index contributed by atoms with van der Waals surface area (Å²) in [6, 6.07) is 14.6. The Morgan fingerprint density at radius 3 is 2.63 bits per heavy atom. The van der Waals surface area contributed by atoms with Crippen molar-refractivity contribution >= 4 is 0 Å². The van der Waals surface area contributed by atoms with Crippen molar-refractivity contribution < 1.29 is 9.47 Å². The maximum absolute atomic E-state index is 5.48. The first-order valence-electron chi connectivity index (χ1n) is 6.36. The second-order valence-electron chi connectivity index (χ2n) is 4.62. The molecule has 1 heterocycles. The summed E-state index contributed by atoms with van der Waals surface area (Å²) < 4.78 is 10.8. The van der Waals surface area contributed by atoms with E-state index < -0.39 is 0 Å². The molecule has 3 rings (SSSR count). The van der Waals surface area contributed by atoms with Crippen molar-refractivity contribution in [3.63, 3.8) is 0 Å². The minimum atomic E-state index is 0.168. The average Bonchev–Trinajstić information content (AvgIpc) is 2.90. The van der Waals surface area contributed by atoms with Crippen LogP contribution in [0.3, 0.4) is 0 Å². The highest BCUT2D eigenvalue weighted by Gasteiger charge is 2.25. The minimum absolute atomic E-state index is 0.168. The van der Waals surface area contributed by atoms with Crippen LogP contribution in [0.25, 0.3) is 0 Å². The normalized spacial score (nSPS) is 17.1. The Bertz CT molecular complexity index is 595. The van der Waals surface area contributed by atoms with Gasteiger partial charge in [-0.1, -0.05) is 24.3 Å². The topological polar surface area (TPSA) is 30.5 Å². The van der Waals surface area contributed by atoms with Gasteiger partial charge in [0.15, 0.2) is 0 Å². The van der Waals surface area contributed by atoms with Gasteiger partial charge in [0.25, 0.3) is 0 Å². The van der Waals surface area contributed by atoms with Crippen molar-refractivity contribution in [3.8, 4) is 11.5 Å². The van der Waals surface area contributed by atoms with E-state index in [4.69, 9.17) is 9.47 Å². The first-order valence-corrected chi connectivity index (χ1v) is 6.36. The first kappa shape index (κ1) is 12.1. The number of hydrogen-bond acceptors (Lipinski definition) is 3. The Morgan fingerprint density at radius 2 is 1.84 bits per heavy atom. The molecule has 1 atom stereocenters. The van der Waals surface area contributed by atoms with E-state index in [9.17, 15) is 0 Å². The van der Waals surface area contributed by atoms with E-state index in [0.29, 0.717) is 0 Å². The van der Waals surface area contributed by atoms with Gasteiger partial charge in [-0.2, -0.15) is 0 Å². The molecule has 2 aromatic carbocycles. The number of nitrogens with one attached hydrogen (secondary N) is 1. The molecule has 98 valence electrons. The lowest BCUT2D eigenvalue weighted by atomic mass is 9.97. The molecule has 19 heavy (non-hydrogen) atoms. The average molecular weight is 255 g/mol. The second-order valence-corrected chi connectivity index (χ2v) is 4.62. The van der Waals surface area contributed by atoms with Crippen molar-refractivity contribution in [1.29, 1.82) is 0 Å². The fraction of sp³-hybridized carbons (Fsp3) is 0.250. The molecule has 0 aromatic heterocycles. The van der Waals surface area contributed by atoms with Gasteiger partial charge in [0.1, 0.15) is 11.5 Å². The molecule has 1 aliphatic heterocycles. The van der Waals surface area contributed by atoms with Gasteiger partial charge in [-0.05, 0) is 29.3 Å². The number of benzene rings is 2. The maximum atomic E-state index is 5.48. The van der Waals surface area contributed by atoms with E-state index in [0.717, 1.165) is 23.6 Å². The molecule has 0 fully saturated rings. The van der Waals surface area contributed by atoms with Gasteiger partial charge in [0.2, 0.25) is 0 Å². The third-order valence-corrected chi connectivity index (χ3v) is 3.61. The van der Waals surface area contributed by atoms with Crippen molar-refractivity contribution in [2.45, 2.75) is 12.6 Å². The molecule has 0 aliphatic carbocycles. The van der Waals surface area contributed by atoms with Crippen molar-refractivity contribution in [3.05, 3.63) is 59.2 Å². The molecule has 1 unspecified atom stereocenters. The first-order chi connectivity index (χ1) is 9.33. The van der Waals surface area contributed by atoms with Crippen LogP contribution in [0.5, 0.6) is 11.5 Å². The van der Waals surface area contributed by atoms with Crippen LogP contribution in [0.15, 0.2) is 42.5 Å². The number of rotatable bonds is 3. The lowest BCUT2D eigenvalue weighted by molar-refractivity contribution is 0.395. The van der Waals surface area contributed by atoms with Crippen LogP contribution in [0.4, 0.5) is 0 Å². The van der Waals surface area contributed by atoms with Crippen molar-refractivity contribution in [2.24, 2.45) is 0 Å². The van der Waals surface area contributed by atoms with Crippen LogP contribution in [0.2, 0.25) is 0 Å². The van der Waals surface area contributed by atoms with Crippen LogP contribution in [0, 0.1) is 0 Å². The summed E-state index contributed by atoms with van der Waals surface area (Å²) in [7, 11) is 3.38. The molecular weight excluding hydrogens is 238 g/mol. The van der Waals surface area contributed by atoms with Gasteiger partial charge < -0.3 is 14.8 Å². The molecule has 1 aliphatic rings. The Hall–Kier alpha value is -2.00. The second kappa shape index (κ2) is 4.94. The van der Waals surface area contributed by atoms with Gasteiger partial charge in [-0.3, -0.25) is 0 Å². The largest absolute Gasteiger partial charge is 0.497 e. The quantitative estimate of drug-likeness (QED) is 0.914. The molecule has 3 heteroatoms. The van der Waals surface area contributed by atoms with Gasteiger partial charge in [0, 0.05) is 12.1 Å². The number of ether oxygens (including phenoxy) is 2. The van der Waals surface area contributed by atoms with E-state index >= 15 is 0 Å². The summed E-state index contributed by atoms with van der Waals surface area (Å²) in [6.45, 7) is 0.890. The number of fused-ring (bicyclic) bond motifs is 1. The zero-order valence-electron chi connectivity index (χ0n) is 11.1. The molecule has 0 amide bonds. The summed E-state index contributed by atoms with van der Waals surface area (Å²) in [5.41, 5.74) is 3.78. The zero-order chi connectivity index (χ0) is 13.2. The Balaban J connectivity index is 2.08. The fourth-order valence-electron chi connectivity index (χ4n) is 2.64. The lowest BCUT2D eigenvalue weighted by Gasteiger charge is -2.17. The molecule has 0 saturated carbocycles. The highest BCUT2D eigenvalue weighted by Crippen LogP contribution is 2.37. The van der Waals surface area contributed by atoms with E-state index in [1.807, 2.05) is 18.2 Å². The Kier molecular flexibility index (Phi) is 3.13. The van der Waals surface area contributed by atoms with Crippen LogP contribution < -0.4 is 14.8 Å². The van der Waals surface area contributed by atoms with Crippen LogP contribution in [0.1, 0.15) is 22.7 Å². The van der Waals surface area contributed by atoms with E-state index in [-0.39, 0.29) is 6.04 Å².